The molecule has 0 aliphatic carbocycles. The van der Waals surface area contributed by atoms with Crippen molar-refractivity contribution in [2.24, 2.45) is 0 Å². The zero-order valence-corrected chi connectivity index (χ0v) is 17.2. The molecule has 0 saturated heterocycles. The smallest absolute Gasteiger partial charge is 0.243 e. The molecule has 28 heavy (non-hydrogen) atoms. The Hall–Kier alpha value is -2.74. The van der Waals surface area contributed by atoms with Crippen molar-refractivity contribution in [1.82, 2.24) is 5.32 Å². The minimum Gasteiger partial charge on any atom is -0.454 e. The van der Waals surface area contributed by atoms with Crippen LogP contribution in [-0.4, -0.2) is 33.4 Å². The predicted molar refractivity (Wildman–Crippen MR) is 107 cm³/mol. The molecule has 1 unspecified atom stereocenters. The van der Waals surface area contributed by atoms with Gasteiger partial charge in [0.2, 0.25) is 22.7 Å². The fourth-order valence-electron chi connectivity index (χ4n) is 3.13. The number of anilines is 1. The van der Waals surface area contributed by atoms with Gasteiger partial charge in [-0.15, -0.1) is 0 Å². The van der Waals surface area contributed by atoms with Crippen LogP contribution in [0.2, 0.25) is 0 Å². The van der Waals surface area contributed by atoms with E-state index in [1.807, 2.05) is 32.0 Å². The highest BCUT2D eigenvalue weighted by Crippen LogP contribution is 2.32. The van der Waals surface area contributed by atoms with Crippen molar-refractivity contribution in [3.63, 3.8) is 0 Å². The second kappa shape index (κ2) is 7.71. The van der Waals surface area contributed by atoms with E-state index < -0.39 is 16.1 Å². The molecular formula is C20H24N2O5S. The van der Waals surface area contributed by atoms with Crippen LogP contribution in [0.4, 0.5) is 5.69 Å². The molecule has 3 rings (SSSR count). The van der Waals surface area contributed by atoms with Gasteiger partial charge in [0, 0.05) is 6.54 Å². The zero-order valence-electron chi connectivity index (χ0n) is 16.4. The Balaban J connectivity index is 1.78. The number of benzene rings is 2. The van der Waals surface area contributed by atoms with Crippen LogP contribution in [0.15, 0.2) is 36.4 Å². The van der Waals surface area contributed by atoms with Crippen molar-refractivity contribution in [2.75, 3.05) is 17.4 Å². The Bertz CT molecular complexity index is 1000. The molecular weight excluding hydrogens is 380 g/mol. The second-order valence-electron chi connectivity index (χ2n) is 6.93. The lowest BCUT2D eigenvalue weighted by atomic mass is 10.1. The van der Waals surface area contributed by atoms with E-state index >= 15 is 0 Å². The molecule has 1 atom stereocenters. The Morgan fingerprint density at radius 3 is 2.57 bits per heavy atom. The number of fused-ring (bicyclic) bond motifs is 1. The van der Waals surface area contributed by atoms with E-state index in [1.165, 1.54) is 4.31 Å². The molecule has 1 amide bonds. The predicted octanol–water partition coefficient (Wildman–Crippen LogP) is 2.50. The number of sulfonamides is 1. The van der Waals surface area contributed by atoms with Crippen LogP contribution < -0.4 is 19.1 Å². The molecule has 0 radical (unpaired) electrons. The number of carbonyl (C=O) groups is 1. The van der Waals surface area contributed by atoms with Gasteiger partial charge < -0.3 is 14.8 Å². The molecule has 2 aromatic rings. The van der Waals surface area contributed by atoms with E-state index in [-0.39, 0.29) is 19.2 Å². The quantitative estimate of drug-likeness (QED) is 0.800. The number of hydrogen-bond acceptors (Lipinski definition) is 5. The molecule has 0 saturated carbocycles. The summed E-state index contributed by atoms with van der Waals surface area (Å²) in [5, 5.41) is 2.80. The number of carbonyl (C=O) groups excluding carboxylic acids is 1. The number of nitrogens with zero attached hydrogens (tertiary/aromatic N) is 1. The molecule has 1 aliphatic rings. The summed E-state index contributed by atoms with van der Waals surface area (Å²) >= 11 is 0. The molecule has 150 valence electrons. The Morgan fingerprint density at radius 2 is 1.86 bits per heavy atom. The summed E-state index contributed by atoms with van der Waals surface area (Å²) in [7, 11) is -3.66. The molecule has 7 nitrogen and oxygen atoms in total. The van der Waals surface area contributed by atoms with Crippen molar-refractivity contribution in [2.45, 2.75) is 33.4 Å². The van der Waals surface area contributed by atoms with Crippen LogP contribution in [-0.2, 0) is 21.4 Å². The molecule has 0 aromatic heterocycles. The first-order valence-corrected chi connectivity index (χ1v) is 10.7. The Labute approximate surface area is 165 Å². The highest BCUT2D eigenvalue weighted by molar-refractivity contribution is 7.92. The molecule has 0 fully saturated rings. The van der Waals surface area contributed by atoms with Gasteiger partial charge in [-0.25, -0.2) is 8.42 Å². The van der Waals surface area contributed by atoms with Crippen LogP contribution in [0.5, 0.6) is 11.5 Å². The largest absolute Gasteiger partial charge is 0.454 e. The van der Waals surface area contributed by atoms with Crippen LogP contribution >= 0.6 is 0 Å². The van der Waals surface area contributed by atoms with Crippen molar-refractivity contribution < 1.29 is 22.7 Å². The number of amides is 1. The second-order valence-corrected chi connectivity index (χ2v) is 8.79. The molecule has 0 bridgehead atoms. The highest BCUT2D eigenvalue weighted by atomic mass is 32.2. The standard InChI is InChI=1S/C20H24N2O5S/c1-13-5-6-14(2)17(9-13)22(28(4,24)25)15(3)20(23)21-11-16-7-8-18-19(10-16)27-12-26-18/h5-10,15H,11-12H2,1-4H3,(H,21,23). The third-order valence-electron chi connectivity index (χ3n) is 4.59. The molecule has 1 aliphatic heterocycles. The maximum absolute atomic E-state index is 12.7. The van der Waals surface area contributed by atoms with Crippen LogP contribution in [0.3, 0.4) is 0 Å². The van der Waals surface area contributed by atoms with Gasteiger partial charge in [-0.1, -0.05) is 18.2 Å². The summed E-state index contributed by atoms with van der Waals surface area (Å²) in [4.78, 5) is 12.7. The van der Waals surface area contributed by atoms with Crippen LogP contribution in [0, 0.1) is 13.8 Å². The van der Waals surface area contributed by atoms with Crippen LogP contribution in [0.1, 0.15) is 23.6 Å². The van der Waals surface area contributed by atoms with E-state index in [9.17, 15) is 13.2 Å². The van der Waals surface area contributed by atoms with Gasteiger partial charge in [0.1, 0.15) is 6.04 Å². The Kier molecular flexibility index (Phi) is 5.51. The van der Waals surface area contributed by atoms with Gasteiger partial charge in [0.15, 0.2) is 11.5 Å². The van der Waals surface area contributed by atoms with Crippen molar-refractivity contribution in [3.05, 3.63) is 53.1 Å². The minimum atomic E-state index is -3.66. The highest BCUT2D eigenvalue weighted by Gasteiger charge is 2.30. The van der Waals surface area contributed by atoms with E-state index in [4.69, 9.17) is 9.47 Å². The van der Waals surface area contributed by atoms with Gasteiger partial charge in [0.05, 0.1) is 11.9 Å². The maximum atomic E-state index is 12.7. The summed E-state index contributed by atoms with van der Waals surface area (Å²) in [6, 6.07) is 10.0. The number of nitrogens with one attached hydrogen (secondary N) is 1. The van der Waals surface area contributed by atoms with Crippen molar-refractivity contribution in [3.8, 4) is 11.5 Å². The van der Waals surface area contributed by atoms with Gasteiger partial charge in [-0.3, -0.25) is 9.10 Å². The first kappa shape index (κ1) is 20.0. The third kappa shape index (κ3) is 4.22. The topological polar surface area (TPSA) is 84.9 Å². The van der Waals surface area contributed by atoms with E-state index in [1.54, 1.807) is 25.1 Å². The number of hydrogen-bond donors (Lipinski definition) is 1. The summed E-state index contributed by atoms with van der Waals surface area (Å²) in [5.41, 5.74) is 3.05. The van der Waals surface area contributed by atoms with Crippen LogP contribution in [0.25, 0.3) is 0 Å². The molecule has 8 heteroatoms. The minimum absolute atomic E-state index is 0.182. The monoisotopic (exact) mass is 404 g/mol. The summed E-state index contributed by atoms with van der Waals surface area (Å²) in [6.07, 6.45) is 1.11. The van der Waals surface area contributed by atoms with Gasteiger partial charge in [-0.2, -0.15) is 0 Å². The Morgan fingerprint density at radius 1 is 1.14 bits per heavy atom. The fraction of sp³-hybridized carbons (Fsp3) is 0.350. The van der Waals surface area contributed by atoms with Crippen molar-refractivity contribution in [1.29, 1.82) is 0 Å². The number of ether oxygens (including phenoxy) is 2. The fourth-order valence-corrected chi connectivity index (χ4v) is 4.35. The summed E-state index contributed by atoms with van der Waals surface area (Å²) < 4.78 is 36.7. The van der Waals surface area contributed by atoms with E-state index in [2.05, 4.69) is 5.32 Å². The van der Waals surface area contributed by atoms with E-state index in [0.717, 1.165) is 22.9 Å². The third-order valence-corrected chi connectivity index (χ3v) is 5.82. The number of rotatable bonds is 6. The lowest BCUT2D eigenvalue weighted by Gasteiger charge is -2.29. The number of aryl methyl sites for hydroxylation is 2. The summed E-state index contributed by atoms with van der Waals surface area (Å²) in [5.74, 6) is 0.915. The first-order valence-electron chi connectivity index (χ1n) is 8.89. The first-order chi connectivity index (χ1) is 13.2. The van der Waals surface area contributed by atoms with E-state index in [0.29, 0.717) is 17.2 Å². The van der Waals surface area contributed by atoms with Gasteiger partial charge >= 0.3 is 0 Å². The summed E-state index contributed by atoms with van der Waals surface area (Å²) in [6.45, 7) is 5.72. The normalized spacial score (nSPS) is 13.9. The average molecular weight is 404 g/mol. The van der Waals surface area contributed by atoms with Gasteiger partial charge in [-0.05, 0) is 55.7 Å². The lowest BCUT2D eigenvalue weighted by molar-refractivity contribution is -0.122. The molecule has 1 N–H and O–H groups in total. The van der Waals surface area contributed by atoms with Crippen molar-refractivity contribution >= 4 is 21.6 Å². The molecule has 1 heterocycles. The molecule has 2 aromatic carbocycles. The zero-order chi connectivity index (χ0) is 20.5. The SMILES string of the molecule is Cc1ccc(C)c(N(C(C)C(=O)NCc2ccc3c(c2)OCO3)S(C)(=O)=O)c1. The molecule has 0 spiro atoms. The lowest BCUT2D eigenvalue weighted by Crippen LogP contribution is -2.48. The maximum Gasteiger partial charge on any atom is 0.243 e. The average Bonchev–Trinajstić information content (AvgIpc) is 3.09. The van der Waals surface area contributed by atoms with Gasteiger partial charge in [0.25, 0.3) is 0 Å².